The molecule has 0 atom stereocenters. The fourth-order valence-electron chi connectivity index (χ4n) is 2.47. The highest BCUT2D eigenvalue weighted by Gasteiger charge is 2.21. The van der Waals surface area contributed by atoms with E-state index >= 15 is 0 Å². The molecule has 0 aliphatic rings. The first-order valence-corrected chi connectivity index (χ1v) is 8.55. The Morgan fingerprint density at radius 1 is 1.35 bits per heavy atom. The normalized spacial score (nSPS) is 10.5. The Labute approximate surface area is 161 Å². The van der Waals surface area contributed by atoms with Gasteiger partial charge >= 0.3 is 0 Å². The van der Waals surface area contributed by atoms with Crippen LogP contribution in [0.15, 0.2) is 12.3 Å². The molecule has 0 spiro atoms. The van der Waals surface area contributed by atoms with E-state index in [9.17, 15) is 4.79 Å². The molecule has 0 unspecified atom stereocenters. The largest absolute Gasteiger partial charge is 0.496 e. The van der Waals surface area contributed by atoms with Gasteiger partial charge in [-0.3, -0.25) is 4.79 Å². The highest BCUT2D eigenvalue weighted by molar-refractivity contribution is 6.34. The second-order valence-corrected chi connectivity index (χ2v) is 6.13. The maximum absolute atomic E-state index is 11.7. The van der Waals surface area contributed by atoms with Crippen molar-refractivity contribution in [2.24, 2.45) is 11.5 Å². The van der Waals surface area contributed by atoms with E-state index in [0.29, 0.717) is 47.2 Å². The van der Waals surface area contributed by atoms with Crippen LogP contribution >= 0.6 is 23.2 Å². The summed E-state index contributed by atoms with van der Waals surface area (Å²) in [5, 5.41) is 6.61. The maximum atomic E-state index is 11.7. The quantitative estimate of drug-likeness (QED) is 0.537. The van der Waals surface area contributed by atoms with E-state index in [4.69, 9.17) is 39.4 Å². The molecule has 1 amide bonds. The lowest BCUT2D eigenvalue weighted by molar-refractivity contribution is 0.0997. The van der Waals surface area contributed by atoms with Crippen LogP contribution in [0.25, 0.3) is 0 Å². The van der Waals surface area contributed by atoms with E-state index in [0.717, 1.165) is 0 Å². The van der Waals surface area contributed by atoms with E-state index in [1.54, 1.807) is 7.05 Å². The molecular weight excluding hydrogens is 379 g/mol. The second kappa shape index (κ2) is 8.88. The third-order valence-corrected chi connectivity index (χ3v) is 4.22. The van der Waals surface area contributed by atoms with Gasteiger partial charge in [-0.05, 0) is 25.5 Å². The molecule has 0 radical (unpaired) electrons. The van der Waals surface area contributed by atoms with Gasteiger partial charge in [-0.2, -0.15) is 4.98 Å². The minimum Gasteiger partial charge on any atom is -0.496 e. The summed E-state index contributed by atoms with van der Waals surface area (Å²) in [7, 11) is 3.16. The summed E-state index contributed by atoms with van der Waals surface area (Å²) in [5.41, 5.74) is 12.5. The number of ether oxygens (including phenoxy) is 1. The van der Waals surface area contributed by atoms with Gasteiger partial charge in [0.2, 0.25) is 5.95 Å². The summed E-state index contributed by atoms with van der Waals surface area (Å²) in [6, 6.07) is 1.45. The first-order chi connectivity index (χ1) is 12.4. The van der Waals surface area contributed by atoms with Crippen LogP contribution in [-0.2, 0) is 6.42 Å². The highest BCUT2D eigenvalue weighted by atomic mass is 35.5. The number of nitrogens with one attached hydrogen (secondary N) is 2. The maximum Gasteiger partial charge on any atom is 0.252 e. The van der Waals surface area contributed by atoms with Crippen LogP contribution in [0, 0.1) is 0 Å². The molecule has 0 aliphatic carbocycles. The average molecular weight is 399 g/mol. The number of methoxy groups -OCH3 is 1. The Bertz CT molecular complexity index is 816. The number of carbonyl (C=O) groups is 1. The van der Waals surface area contributed by atoms with Gasteiger partial charge in [0.05, 0.1) is 29.6 Å². The zero-order valence-corrected chi connectivity index (χ0v) is 15.9. The summed E-state index contributed by atoms with van der Waals surface area (Å²) in [5.74, 6) is 0.457. The number of aromatic nitrogens is 2. The minimum atomic E-state index is -0.635. The van der Waals surface area contributed by atoms with Crippen molar-refractivity contribution in [1.82, 2.24) is 9.97 Å². The molecule has 6 N–H and O–H groups in total. The summed E-state index contributed by atoms with van der Waals surface area (Å²) < 4.78 is 5.42. The Kier molecular flexibility index (Phi) is 6.84. The number of carbonyl (C=O) groups excluding carboxylic acids is 1. The summed E-state index contributed by atoms with van der Waals surface area (Å²) >= 11 is 12.4. The Morgan fingerprint density at radius 2 is 2.08 bits per heavy atom. The molecule has 0 aliphatic heterocycles. The van der Waals surface area contributed by atoms with E-state index < -0.39 is 5.91 Å². The molecule has 0 fully saturated rings. The van der Waals surface area contributed by atoms with E-state index in [-0.39, 0.29) is 16.5 Å². The molecule has 1 aromatic heterocycles. The first-order valence-electron chi connectivity index (χ1n) is 7.79. The van der Waals surface area contributed by atoms with E-state index in [1.807, 2.05) is 0 Å². The molecule has 0 saturated heterocycles. The number of halogens is 2. The molecule has 1 heterocycles. The predicted molar refractivity (Wildman–Crippen MR) is 104 cm³/mol. The fraction of sp³-hybridized carbons (Fsp3) is 0.312. The van der Waals surface area contributed by atoms with Crippen molar-refractivity contribution in [2.45, 2.75) is 12.8 Å². The number of nitrogens with two attached hydrogens (primary N) is 2. The smallest absolute Gasteiger partial charge is 0.252 e. The Balaban J connectivity index is 2.57. The second-order valence-electron chi connectivity index (χ2n) is 5.31. The third-order valence-electron chi connectivity index (χ3n) is 3.65. The molecule has 140 valence electrons. The zero-order chi connectivity index (χ0) is 19.3. The van der Waals surface area contributed by atoms with Gasteiger partial charge < -0.3 is 26.8 Å². The van der Waals surface area contributed by atoms with Crippen molar-refractivity contribution >= 4 is 46.6 Å². The van der Waals surface area contributed by atoms with Gasteiger partial charge in [0.1, 0.15) is 16.6 Å². The predicted octanol–water partition coefficient (Wildman–Crippen LogP) is 2.57. The standard InChI is InChI=1S/C16H20Cl2N6O2/c1-21-15-11(18)7-22-16(24-15)23-12-8(4-3-5-19)13(26-2)9(14(20)25)6-10(12)17/h6-7H,3-5,19H2,1-2H3,(H2,20,25)(H2,21,22,23,24). The van der Waals surface area contributed by atoms with Gasteiger partial charge in [-0.15, -0.1) is 0 Å². The highest BCUT2D eigenvalue weighted by Crippen LogP contribution is 2.39. The fourth-order valence-corrected chi connectivity index (χ4v) is 2.92. The molecular formula is C16H20Cl2N6O2. The Morgan fingerprint density at radius 3 is 2.65 bits per heavy atom. The van der Waals surface area contributed by atoms with Crippen LogP contribution in [0.2, 0.25) is 10.0 Å². The van der Waals surface area contributed by atoms with Gasteiger partial charge in [0.15, 0.2) is 0 Å². The molecule has 2 aromatic rings. The van der Waals surface area contributed by atoms with E-state index in [1.165, 1.54) is 19.4 Å². The Hall–Kier alpha value is -2.29. The lowest BCUT2D eigenvalue weighted by atomic mass is 10.0. The molecule has 10 heteroatoms. The van der Waals surface area contributed by atoms with Crippen LogP contribution in [0.5, 0.6) is 5.75 Å². The number of benzene rings is 1. The first kappa shape index (κ1) is 20.0. The molecule has 8 nitrogen and oxygen atoms in total. The lowest BCUT2D eigenvalue weighted by Gasteiger charge is -2.19. The van der Waals surface area contributed by atoms with Gasteiger partial charge in [0, 0.05) is 12.6 Å². The summed E-state index contributed by atoms with van der Waals surface area (Å²) in [4.78, 5) is 20.2. The van der Waals surface area contributed by atoms with Crippen LogP contribution in [-0.4, -0.2) is 36.6 Å². The number of primary amides is 1. The van der Waals surface area contributed by atoms with Gasteiger partial charge in [-0.25, -0.2) is 4.98 Å². The van der Waals surface area contributed by atoms with Crippen LogP contribution in [0.3, 0.4) is 0 Å². The SMILES string of the molecule is CNc1nc(Nc2c(Cl)cc(C(N)=O)c(OC)c2CCCN)ncc1Cl. The van der Waals surface area contributed by atoms with Gasteiger partial charge in [-0.1, -0.05) is 23.2 Å². The van der Waals surface area contributed by atoms with Crippen molar-refractivity contribution in [3.05, 3.63) is 33.4 Å². The molecule has 2 rings (SSSR count). The zero-order valence-electron chi connectivity index (χ0n) is 14.4. The number of anilines is 3. The topological polar surface area (TPSA) is 128 Å². The molecule has 0 bridgehead atoms. The van der Waals surface area contributed by atoms with Crippen LogP contribution in [0.4, 0.5) is 17.5 Å². The summed E-state index contributed by atoms with van der Waals surface area (Å²) in [6.07, 6.45) is 2.65. The number of rotatable bonds is 8. The van der Waals surface area contributed by atoms with E-state index in [2.05, 4.69) is 20.6 Å². The van der Waals surface area contributed by atoms with Crippen molar-refractivity contribution < 1.29 is 9.53 Å². The van der Waals surface area contributed by atoms with Gasteiger partial charge in [0.25, 0.3) is 5.91 Å². The van der Waals surface area contributed by atoms with Crippen LogP contribution in [0.1, 0.15) is 22.3 Å². The number of amides is 1. The number of nitrogens with zero attached hydrogens (tertiary/aromatic N) is 2. The van der Waals surface area contributed by atoms with Crippen molar-refractivity contribution in [3.63, 3.8) is 0 Å². The molecule has 1 aromatic carbocycles. The number of hydrogen-bond acceptors (Lipinski definition) is 7. The molecule has 0 saturated carbocycles. The number of hydrogen-bond donors (Lipinski definition) is 4. The van der Waals surface area contributed by atoms with Crippen molar-refractivity contribution in [2.75, 3.05) is 31.3 Å². The monoisotopic (exact) mass is 398 g/mol. The van der Waals surface area contributed by atoms with Crippen molar-refractivity contribution in [3.8, 4) is 5.75 Å². The average Bonchev–Trinajstić information content (AvgIpc) is 2.62. The van der Waals surface area contributed by atoms with Crippen molar-refractivity contribution in [1.29, 1.82) is 0 Å². The summed E-state index contributed by atoms with van der Waals surface area (Å²) in [6.45, 7) is 0.461. The minimum absolute atomic E-state index is 0.197. The van der Waals surface area contributed by atoms with Crippen LogP contribution < -0.4 is 26.8 Å². The third kappa shape index (κ3) is 4.27. The molecule has 26 heavy (non-hydrogen) atoms. The lowest BCUT2D eigenvalue weighted by Crippen LogP contribution is -2.15.